The Kier molecular flexibility index (Phi) is 5.45. The van der Waals surface area contributed by atoms with Crippen LogP contribution in [0.3, 0.4) is 0 Å². The van der Waals surface area contributed by atoms with Crippen molar-refractivity contribution in [3.05, 3.63) is 29.8 Å². The van der Waals surface area contributed by atoms with E-state index in [2.05, 4.69) is 9.99 Å². The van der Waals surface area contributed by atoms with Gasteiger partial charge in [0.2, 0.25) is 0 Å². The van der Waals surface area contributed by atoms with Gasteiger partial charge in [-0.1, -0.05) is 13.3 Å². The minimum absolute atomic E-state index is 0.337. The van der Waals surface area contributed by atoms with Crippen molar-refractivity contribution in [2.24, 2.45) is 0 Å². The predicted molar refractivity (Wildman–Crippen MR) is 66.3 cm³/mol. The van der Waals surface area contributed by atoms with Gasteiger partial charge in [-0.05, 0) is 30.7 Å². The maximum Gasteiger partial charge on any atom is 0.347 e. The number of carbonyl (C=O) groups excluding carboxylic acids is 1. The molecule has 4 heteroatoms. The highest BCUT2D eigenvalue weighted by Gasteiger charge is 2.05. The average molecular weight is 320 g/mol. The zero-order chi connectivity index (χ0) is 11.1. The van der Waals surface area contributed by atoms with Crippen molar-refractivity contribution < 1.29 is 12.6 Å². The van der Waals surface area contributed by atoms with Crippen LogP contribution in [0.2, 0.25) is 0 Å². The van der Waals surface area contributed by atoms with Gasteiger partial charge >= 0.3 is 5.97 Å². The zero-order valence-electron chi connectivity index (χ0n) is 8.53. The van der Waals surface area contributed by atoms with E-state index < -0.39 is 0 Å². The molecule has 0 aliphatic carbocycles. The lowest BCUT2D eigenvalue weighted by Crippen LogP contribution is -1.99. The lowest BCUT2D eigenvalue weighted by molar-refractivity contribution is 0.0800. The van der Waals surface area contributed by atoms with Crippen LogP contribution in [0, 0.1) is 0 Å². The van der Waals surface area contributed by atoms with E-state index in [1.165, 1.54) is 0 Å². The molecule has 3 nitrogen and oxygen atoms in total. The van der Waals surface area contributed by atoms with Crippen LogP contribution in [0.25, 0.3) is 0 Å². The van der Waals surface area contributed by atoms with Crippen LogP contribution in [-0.2, 0) is 3.07 Å². The molecule has 1 aromatic carbocycles. The Morgan fingerprint density at radius 2 is 2.00 bits per heavy atom. The van der Waals surface area contributed by atoms with E-state index in [0.717, 1.165) is 18.6 Å². The standard InChI is InChI=1S/C11H13IO3/c1-2-3-8-14-10-6-4-9(5-7-10)11(13)15-12/h4-7H,2-3,8H2,1H3. The van der Waals surface area contributed by atoms with Crippen LogP contribution < -0.4 is 4.74 Å². The van der Waals surface area contributed by atoms with Crippen molar-refractivity contribution in [3.63, 3.8) is 0 Å². The summed E-state index contributed by atoms with van der Waals surface area (Å²) in [7, 11) is 0. The highest BCUT2D eigenvalue weighted by molar-refractivity contribution is 14.1. The average Bonchev–Trinajstić information content (AvgIpc) is 2.29. The minimum Gasteiger partial charge on any atom is -0.494 e. The van der Waals surface area contributed by atoms with E-state index in [1.54, 1.807) is 47.3 Å². The van der Waals surface area contributed by atoms with E-state index in [-0.39, 0.29) is 5.97 Å². The lowest BCUT2D eigenvalue weighted by Gasteiger charge is -2.05. The molecule has 15 heavy (non-hydrogen) atoms. The minimum atomic E-state index is -0.337. The fourth-order valence-electron chi connectivity index (χ4n) is 1.07. The van der Waals surface area contributed by atoms with E-state index in [9.17, 15) is 4.79 Å². The van der Waals surface area contributed by atoms with Crippen molar-refractivity contribution >= 4 is 29.0 Å². The first-order chi connectivity index (χ1) is 7.27. The van der Waals surface area contributed by atoms with Gasteiger partial charge in [-0.15, -0.1) is 0 Å². The molecule has 0 spiro atoms. The highest BCUT2D eigenvalue weighted by Crippen LogP contribution is 2.14. The SMILES string of the molecule is CCCCOc1ccc(C(=O)OI)cc1. The molecule has 1 rings (SSSR count). The molecule has 0 saturated heterocycles. The van der Waals surface area contributed by atoms with E-state index in [1.807, 2.05) is 0 Å². The molecule has 0 fully saturated rings. The van der Waals surface area contributed by atoms with Crippen molar-refractivity contribution in [2.45, 2.75) is 19.8 Å². The predicted octanol–water partition coefficient (Wildman–Crippen LogP) is 3.37. The van der Waals surface area contributed by atoms with Gasteiger partial charge in [-0.25, -0.2) is 4.79 Å². The van der Waals surface area contributed by atoms with Crippen LogP contribution in [0.1, 0.15) is 30.1 Å². The molecule has 0 atom stereocenters. The van der Waals surface area contributed by atoms with Crippen LogP contribution in [0.4, 0.5) is 0 Å². The third kappa shape index (κ3) is 4.07. The van der Waals surface area contributed by atoms with E-state index >= 15 is 0 Å². The summed E-state index contributed by atoms with van der Waals surface area (Å²) < 4.78 is 10.0. The van der Waals surface area contributed by atoms with Crippen LogP contribution in [0.15, 0.2) is 24.3 Å². The second-order valence-corrected chi connectivity index (χ2v) is 3.53. The number of halogens is 1. The summed E-state index contributed by atoms with van der Waals surface area (Å²) in [6.45, 7) is 2.83. The molecule has 0 unspecified atom stereocenters. The van der Waals surface area contributed by atoms with Crippen LogP contribution in [-0.4, -0.2) is 12.6 Å². The van der Waals surface area contributed by atoms with E-state index in [4.69, 9.17) is 4.74 Å². The molecule has 0 aliphatic heterocycles. The van der Waals surface area contributed by atoms with Crippen molar-refractivity contribution in [1.29, 1.82) is 0 Å². The Balaban J connectivity index is 2.52. The topological polar surface area (TPSA) is 35.5 Å². The number of rotatable bonds is 5. The smallest absolute Gasteiger partial charge is 0.347 e. The lowest BCUT2D eigenvalue weighted by atomic mass is 10.2. The van der Waals surface area contributed by atoms with Crippen molar-refractivity contribution in [3.8, 4) is 5.75 Å². The number of unbranched alkanes of at least 4 members (excludes halogenated alkanes) is 1. The summed E-state index contributed by atoms with van der Waals surface area (Å²) in [5, 5.41) is 0. The maximum absolute atomic E-state index is 11.1. The summed E-state index contributed by atoms with van der Waals surface area (Å²) in [5.74, 6) is 0.448. The molecule has 1 aromatic rings. The third-order valence-electron chi connectivity index (χ3n) is 1.93. The first-order valence-corrected chi connectivity index (χ1v) is 5.71. The Bertz CT molecular complexity index is 308. The first-order valence-electron chi connectivity index (χ1n) is 4.83. The Hall–Kier alpha value is -0.780. The molecular weight excluding hydrogens is 307 g/mol. The van der Waals surface area contributed by atoms with Crippen LogP contribution in [0.5, 0.6) is 5.75 Å². The largest absolute Gasteiger partial charge is 0.494 e. The molecule has 82 valence electrons. The molecular formula is C11H13IO3. The van der Waals surface area contributed by atoms with Crippen molar-refractivity contribution in [1.82, 2.24) is 0 Å². The second kappa shape index (κ2) is 6.66. The fraction of sp³-hybridized carbons (Fsp3) is 0.364. The monoisotopic (exact) mass is 320 g/mol. The summed E-state index contributed by atoms with van der Waals surface area (Å²) in [6, 6.07) is 6.95. The molecule has 0 bridgehead atoms. The van der Waals surface area contributed by atoms with Gasteiger partial charge in [0.05, 0.1) is 12.2 Å². The summed E-state index contributed by atoms with van der Waals surface area (Å²) >= 11 is 1.57. The number of ether oxygens (including phenoxy) is 1. The molecule has 0 aromatic heterocycles. The van der Waals surface area contributed by atoms with Gasteiger partial charge in [-0.3, -0.25) is 0 Å². The fourth-order valence-corrected chi connectivity index (χ4v) is 1.32. The Labute approximate surface area is 103 Å². The van der Waals surface area contributed by atoms with Crippen LogP contribution >= 0.6 is 23.0 Å². The highest BCUT2D eigenvalue weighted by atomic mass is 127. The van der Waals surface area contributed by atoms with Gasteiger partial charge in [0.1, 0.15) is 5.75 Å². The number of benzene rings is 1. The van der Waals surface area contributed by atoms with Gasteiger partial charge < -0.3 is 7.80 Å². The second-order valence-electron chi connectivity index (χ2n) is 3.09. The molecule has 0 N–H and O–H groups in total. The normalized spacial score (nSPS) is 9.73. The number of hydrogen-bond donors (Lipinski definition) is 0. The van der Waals surface area contributed by atoms with Gasteiger partial charge in [0.25, 0.3) is 0 Å². The van der Waals surface area contributed by atoms with Gasteiger partial charge in [0.15, 0.2) is 23.0 Å². The Morgan fingerprint density at radius 3 is 2.53 bits per heavy atom. The van der Waals surface area contributed by atoms with Crippen molar-refractivity contribution in [2.75, 3.05) is 6.61 Å². The molecule has 0 saturated carbocycles. The summed E-state index contributed by atoms with van der Waals surface area (Å²) in [6.07, 6.45) is 2.15. The maximum atomic E-state index is 11.1. The van der Waals surface area contributed by atoms with Gasteiger partial charge in [0, 0.05) is 0 Å². The number of hydrogen-bond acceptors (Lipinski definition) is 3. The third-order valence-corrected chi connectivity index (χ3v) is 2.33. The molecule has 0 amide bonds. The molecule has 0 radical (unpaired) electrons. The molecule has 0 aliphatic rings. The summed E-state index contributed by atoms with van der Waals surface area (Å²) in [5.41, 5.74) is 0.534. The van der Waals surface area contributed by atoms with Gasteiger partial charge in [-0.2, -0.15) is 0 Å². The summed E-state index contributed by atoms with van der Waals surface area (Å²) in [4.78, 5) is 11.1. The first kappa shape index (κ1) is 12.3. The zero-order valence-corrected chi connectivity index (χ0v) is 10.7. The quantitative estimate of drug-likeness (QED) is 0.616. The Morgan fingerprint density at radius 1 is 1.33 bits per heavy atom. The number of carbonyl (C=O) groups is 1. The van der Waals surface area contributed by atoms with E-state index in [0.29, 0.717) is 12.2 Å². The molecule has 0 heterocycles.